The van der Waals surface area contributed by atoms with Gasteiger partial charge in [-0.15, -0.1) is 0 Å². The minimum absolute atomic E-state index is 0.185. The molecular formula is C21H20N4O4. The van der Waals surface area contributed by atoms with E-state index in [1.54, 1.807) is 6.20 Å². The van der Waals surface area contributed by atoms with Crippen LogP contribution in [0.1, 0.15) is 17.5 Å². The summed E-state index contributed by atoms with van der Waals surface area (Å²) in [6.07, 6.45) is 4.48. The van der Waals surface area contributed by atoms with E-state index in [-0.39, 0.29) is 6.61 Å². The topological polar surface area (TPSA) is 108 Å². The van der Waals surface area contributed by atoms with Crippen LogP contribution in [0.4, 0.5) is 15.3 Å². The van der Waals surface area contributed by atoms with Crippen molar-refractivity contribution in [3.63, 3.8) is 0 Å². The largest absolute Gasteiger partial charge is 0.465 e. The first-order chi connectivity index (χ1) is 14.1. The van der Waals surface area contributed by atoms with Gasteiger partial charge < -0.3 is 19.7 Å². The van der Waals surface area contributed by atoms with E-state index in [0.717, 1.165) is 22.1 Å². The molecule has 1 aliphatic heterocycles. The molecule has 0 saturated carbocycles. The number of aromatic nitrogens is 2. The molecule has 0 fully saturated rings. The Labute approximate surface area is 166 Å². The number of ether oxygens (including phenoxy) is 1. The van der Waals surface area contributed by atoms with Crippen LogP contribution in [-0.2, 0) is 11.3 Å². The van der Waals surface area contributed by atoms with Crippen LogP contribution in [0.25, 0.3) is 16.6 Å². The summed E-state index contributed by atoms with van der Waals surface area (Å²) < 4.78 is 5.25. The number of carbonyl (C=O) groups is 2. The number of anilines is 1. The van der Waals surface area contributed by atoms with Crippen molar-refractivity contribution in [3.05, 3.63) is 66.0 Å². The molecule has 29 heavy (non-hydrogen) atoms. The van der Waals surface area contributed by atoms with Crippen LogP contribution < -0.4 is 5.32 Å². The van der Waals surface area contributed by atoms with Crippen molar-refractivity contribution in [2.24, 2.45) is 0 Å². The first-order valence-electron chi connectivity index (χ1n) is 9.22. The number of hydrogen-bond donors (Lipinski definition) is 3. The Morgan fingerprint density at radius 1 is 1.28 bits per heavy atom. The van der Waals surface area contributed by atoms with Gasteiger partial charge >= 0.3 is 12.2 Å². The lowest BCUT2D eigenvalue weighted by Crippen LogP contribution is -2.33. The van der Waals surface area contributed by atoms with Gasteiger partial charge in [0.15, 0.2) is 0 Å². The Morgan fingerprint density at radius 3 is 2.83 bits per heavy atom. The molecule has 1 aliphatic rings. The third-order valence-electron chi connectivity index (χ3n) is 4.82. The first-order valence-corrected chi connectivity index (χ1v) is 9.22. The molecule has 1 aromatic carbocycles. The van der Waals surface area contributed by atoms with Gasteiger partial charge in [0.05, 0.1) is 11.9 Å². The van der Waals surface area contributed by atoms with Crippen LogP contribution in [0.2, 0.25) is 0 Å². The molecule has 0 unspecified atom stereocenters. The SMILES string of the molecule is O=C(Nc1cnc2[nH]cc(C3=CCN(C(=O)O)CC3)c2c1)OCc1ccccc1. The number of rotatable bonds is 4. The lowest BCUT2D eigenvalue weighted by molar-refractivity contribution is 0.150. The third-order valence-corrected chi connectivity index (χ3v) is 4.82. The molecule has 0 bridgehead atoms. The number of amides is 2. The van der Waals surface area contributed by atoms with E-state index < -0.39 is 12.2 Å². The monoisotopic (exact) mass is 392 g/mol. The third kappa shape index (κ3) is 4.21. The highest BCUT2D eigenvalue weighted by atomic mass is 16.5. The van der Waals surface area contributed by atoms with Crippen molar-refractivity contribution in [2.75, 3.05) is 18.4 Å². The van der Waals surface area contributed by atoms with Crippen molar-refractivity contribution in [2.45, 2.75) is 13.0 Å². The summed E-state index contributed by atoms with van der Waals surface area (Å²) in [5.41, 5.74) is 4.15. The number of nitrogens with one attached hydrogen (secondary N) is 2. The zero-order valence-corrected chi connectivity index (χ0v) is 15.6. The zero-order valence-electron chi connectivity index (χ0n) is 15.6. The predicted molar refractivity (Wildman–Crippen MR) is 109 cm³/mol. The van der Waals surface area contributed by atoms with E-state index in [4.69, 9.17) is 9.84 Å². The maximum atomic E-state index is 12.1. The maximum Gasteiger partial charge on any atom is 0.412 e. The molecular weight excluding hydrogens is 372 g/mol. The number of carbonyl (C=O) groups excluding carboxylic acids is 1. The lowest BCUT2D eigenvalue weighted by atomic mass is 9.99. The maximum absolute atomic E-state index is 12.1. The van der Waals surface area contributed by atoms with Crippen LogP contribution in [0, 0.1) is 0 Å². The Hall–Kier alpha value is -3.81. The van der Waals surface area contributed by atoms with E-state index in [2.05, 4.69) is 15.3 Å². The van der Waals surface area contributed by atoms with Gasteiger partial charge in [-0.1, -0.05) is 36.4 Å². The average Bonchev–Trinajstić information content (AvgIpc) is 3.16. The summed E-state index contributed by atoms with van der Waals surface area (Å²) in [5.74, 6) is 0. The fourth-order valence-corrected chi connectivity index (χ4v) is 3.30. The molecule has 148 valence electrons. The molecule has 3 heterocycles. The summed E-state index contributed by atoms with van der Waals surface area (Å²) in [4.78, 5) is 32.0. The van der Waals surface area contributed by atoms with E-state index in [0.29, 0.717) is 30.8 Å². The summed E-state index contributed by atoms with van der Waals surface area (Å²) in [5, 5.41) is 12.7. The molecule has 2 amide bonds. The molecule has 3 N–H and O–H groups in total. The van der Waals surface area contributed by atoms with Crippen molar-refractivity contribution in [1.29, 1.82) is 0 Å². The van der Waals surface area contributed by atoms with Gasteiger partial charge in [0.2, 0.25) is 0 Å². The van der Waals surface area contributed by atoms with E-state index in [9.17, 15) is 9.59 Å². The number of hydrogen-bond acceptors (Lipinski definition) is 4. The highest BCUT2D eigenvalue weighted by Gasteiger charge is 2.19. The minimum atomic E-state index is -0.915. The second kappa shape index (κ2) is 8.05. The Balaban J connectivity index is 1.47. The van der Waals surface area contributed by atoms with Gasteiger partial charge in [-0.2, -0.15) is 0 Å². The highest BCUT2D eigenvalue weighted by Crippen LogP contribution is 2.30. The second-order valence-corrected chi connectivity index (χ2v) is 6.72. The highest BCUT2D eigenvalue weighted by molar-refractivity contribution is 5.95. The molecule has 8 nitrogen and oxygen atoms in total. The number of carboxylic acid groups (broad SMARTS) is 1. The van der Waals surface area contributed by atoms with Crippen LogP contribution in [0.3, 0.4) is 0 Å². The zero-order chi connectivity index (χ0) is 20.2. The van der Waals surface area contributed by atoms with E-state index >= 15 is 0 Å². The van der Waals surface area contributed by atoms with Crippen molar-refractivity contribution in [1.82, 2.24) is 14.9 Å². The smallest absolute Gasteiger partial charge is 0.412 e. The lowest BCUT2D eigenvalue weighted by Gasteiger charge is -2.23. The molecule has 0 aliphatic carbocycles. The second-order valence-electron chi connectivity index (χ2n) is 6.72. The molecule has 0 radical (unpaired) electrons. The van der Waals surface area contributed by atoms with Crippen molar-refractivity contribution < 1.29 is 19.4 Å². The summed E-state index contributed by atoms with van der Waals surface area (Å²) in [6, 6.07) is 11.3. The van der Waals surface area contributed by atoms with Crippen LogP contribution >= 0.6 is 0 Å². The van der Waals surface area contributed by atoms with Gasteiger partial charge in [0.1, 0.15) is 12.3 Å². The predicted octanol–water partition coefficient (Wildman–Crippen LogP) is 4.08. The standard InChI is InChI=1S/C21H20N4O4/c26-20(29-13-14-4-2-1-3-5-14)24-16-10-17-18(12-23-19(17)22-11-16)15-6-8-25(9-7-15)21(27)28/h1-6,10-12H,7-9,13H2,(H,22,23)(H,24,26)(H,27,28). The fourth-order valence-electron chi connectivity index (χ4n) is 3.30. The Morgan fingerprint density at radius 2 is 2.10 bits per heavy atom. The molecule has 0 saturated heterocycles. The minimum Gasteiger partial charge on any atom is -0.465 e. The van der Waals surface area contributed by atoms with Crippen LogP contribution in [-0.4, -0.2) is 45.3 Å². The normalized spacial score (nSPS) is 13.8. The van der Waals surface area contributed by atoms with Crippen LogP contribution in [0.5, 0.6) is 0 Å². The Kier molecular flexibility index (Phi) is 5.15. The molecule has 2 aromatic heterocycles. The number of nitrogens with zero attached hydrogens (tertiary/aromatic N) is 2. The molecule has 0 spiro atoms. The molecule has 0 atom stereocenters. The van der Waals surface area contributed by atoms with Gasteiger partial charge in [-0.05, 0) is 23.6 Å². The van der Waals surface area contributed by atoms with E-state index in [1.807, 2.05) is 48.7 Å². The number of fused-ring (bicyclic) bond motifs is 1. The van der Waals surface area contributed by atoms with Gasteiger partial charge in [0.25, 0.3) is 0 Å². The quantitative estimate of drug-likeness (QED) is 0.620. The van der Waals surface area contributed by atoms with Gasteiger partial charge in [-0.25, -0.2) is 14.6 Å². The number of aromatic amines is 1. The molecule has 8 heteroatoms. The first kappa shape index (κ1) is 18.5. The fraction of sp³-hybridized carbons (Fsp3) is 0.190. The van der Waals surface area contributed by atoms with Crippen LogP contribution in [0.15, 0.2) is 54.9 Å². The van der Waals surface area contributed by atoms with Crippen molar-refractivity contribution >= 4 is 34.5 Å². The summed E-state index contributed by atoms with van der Waals surface area (Å²) >= 11 is 0. The number of benzene rings is 1. The Bertz CT molecular complexity index is 1070. The summed E-state index contributed by atoms with van der Waals surface area (Å²) in [6.45, 7) is 0.990. The van der Waals surface area contributed by atoms with Gasteiger partial charge in [-0.3, -0.25) is 5.32 Å². The van der Waals surface area contributed by atoms with E-state index in [1.165, 1.54) is 4.90 Å². The molecule has 4 rings (SSSR count). The van der Waals surface area contributed by atoms with Crippen molar-refractivity contribution in [3.8, 4) is 0 Å². The summed E-state index contributed by atoms with van der Waals surface area (Å²) in [7, 11) is 0. The number of pyridine rings is 1. The molecule has 3 aromatic rings. The average molecular weight is 392 g/mol. The number of H-pyrrole nitrogens is 1. The van der Waals surface area contributed by atoms with Gasteiger partial charge in [0, 0.05) is 30.2 Å².